The second-order valence-corrected chi connectivity index (χ2v) is 8.89. The number of unbranched alkanes of at least 4 members (excludes halogenated alkanes) is 1. The number of sulfonamides is 1. The molecule has 0 aliphatic heterocycles. The molecule has 5 heteroatoms. The molecule has 2 rings (SSSR count). The van der Waals surface area contributed by atoms with Crippen molar-refractivity contribution in [2.24, 2.45) is 17.8 Å². The van der Waals surface area contributed by atoms with Gasteiger partial charge in [0, 0.05) is 6.04 Å². The highest BCUT2D eigenvalue weighted by atomic mass is 32.2. The molecule has 0 heterocycles. The Hall–Kier alpha value is -0.130. The first-order valence-corrected chi connectivity index (χ1v) is 10.4. The molecule has 0 aromatic carbocycles. The fraction of sp³-hybridized carbons (Fsp3) is 1.00. The lowest BCUT2D eigenvalue weighted by atomic mass is 9.84. The van der Waals surface area contributed by atoms with Crippen molar-refractivity contribution in [3.8, 4) is 0 Å². The van der Waals surface area contributed by atoms with Crippen LogP contribution in [0.4, 0.5) is 0 Å². The van der Waals surface area contributed by atoms with Gasteiger partial charge >= 0.3 is 0 Å². The van der Waals surface area contributed by atoms with E-state index in [0.29, 0.717) is 5.92 Å². The van der Waals surface area contributed by atoms with Gasteiger partial charge in [0.1, 0.15) is 0 Å². The van der Waals surface area contributed by atoms with Crippen LogP contribution in [-0.4, -0.2) is 33.3 Å². The van der Waals surface area contributed by atoms with Crippen LogP contribution in [0.15, 0.2) is 0 Å². The molecule has 21 heavy (non-hydrogen) atoms. The maximum Gasteiger partial charge on any atom is 0.211 e. The monoisotopic (exact) mass is 316 g/mol. The molecule has 0 spiro atoms. The second-order valence-electron chi connectivity index (χ2n) is 7.02. The Morgan fingerprint density at radius 2 is 1.95 bits per heavy atom. The Balaban J connectivity index is 1.66. The van der Waals surface area contributed by atoms with Crippen molar-refractivity contribution in [3.05, 3.63) is 0 Å². The molecule has 0 amide bonds. The number of hydrogen-bond acceptors (Lipinski definition) is 3. The summed E-state index contributed by atoms with van der Waals surface area (Å²) in [6, 6.07) is 0.114. The van der Waals surface area contributed by atoms with Crippen molar-refractivity contribution in [2.75, 3.05) is 18.8 Å². The van der Waals surface area contributed by atoms with Crippen molar-refractivity contribution >= 4 is 10.0 Å². The molecule has 0 radical (unpaired) electrons. The maximum absolute atomic E-state index is 12.2. The van der Waals surface area contributed by atoms with E-state index >= 15 is 0 Å². The lowest BCUT2D eigenvalue weighted by Crippen LogP contribution is -2.41. The average molecular weight is 317 g/mol. The highest BCUT2D eigenvalue weighted by Gasteiger charge is 2.42. The van der Waals surface area contributed by atoms with Gasteiger partial charge in [-0.2, -0.15) is 0 Å². The van der Waals surface area contributed by atoms with E-state index in [2.05, 4.69) is 23.9 Å². The van der Waals surface area contributed by atoms with E-state index in [1.807, 2.05) is 0 Å². The van der Waals surface area contributed by atoms with E-state index in [1.54, 1.807) is 0 Å². The standard InChI is InChI=1S/C16H32N2O2S/c1-3-8-17-9-4-5-10-21(19,20)18-13(2)16-12-14-6-7-15(16)11-14/h13-18H,3-12H2,1-2H3. The summed E-state index contributed by atoms with van der Waals surface area (Å²) in [5.74, 6) is 2.48. The third kappa shape index (κ3) is 5.22. The van der Waals surface area contributed by atoms with E-state index in [1.165, 1.54) is 25.7 Å². The largest absolute Gasteiger partial charge is 0.317 e. The number of nitrogens with one attached hydrogen (secondary N) is 2. The molecule has 2 N–H and O–H groups in total. The number of rotatable bonds is 10. The van der Waals surface area contributed by atoms with Crippen LogP contribution in [0.3, 0.4) is 0 Å². The van der Waals surface area contributed by atoms with Crippen LogP contribution in [0, 0.1) is 17.8 Å². The molecule has 4 nitrogen and oxygen atoms in total. The normalized spacial score (nSPS) is 29.9. The lowest BCUT2D eigenvalue weighted by molar-refractivity contribution is 0.280. The fourth-order valence-corrected chi connectivity index (χ4v) is 5.62. The van der Waals surface area contributed by atoms with Gasteiger partial charge in [-0.25, -0.2) is 13.1 Å². The highest BCUT2D eigenvalue weighted by Crippen LogP contribution is 2.49. The minimum atomic E-state index is -3.11. The van der Waals surface area contributed by atoms with E-state index in [9.17, 15) is 8.42 Å². The zero-order valence-corrected chi connectivity index (χ0v) is 14.4. The number of fused-ring (bicyclic) bond motifs is 2. The van der Waals surface area contributed by atoms with Crippen molar-refractivity contribution in [1.29, 1.82) is 0 Å². The zero-order valence-electron chi connectivity index (χ0n) is 13.6. The van der Waals surface area contributed by atoms with Crippen LogP contribution in [0.5, 0.6) is 0 Å². The zero-order chi connectivity index (χ0) is 15.3. The summed E-state index contributed by atoms with van der Waals surface area (Å²) in [7, 11) is -3.11. The molecule has 2 aliphatic rings. The van der Waals surface area contributed by atoms with Crippen molar-refractivity contribution in [2.45, 2.75) is 64.8 Å². The van der Waals surface area contributed by atoms with Gasteiger partial charge in [0.05, 0.1) is 5.75 Å². The average Bonchev–Trinajstić information content (AvgIpc) is 3.04. The first-order valence-electron chi connectivity index (χ1n) is 8.72. The maximum atomic E-state index is 12.2. The molecule has 4 atom stereocenters. The number of hydrogen-bond donors (Lipinski definition) is 2. The Kier molecular flexibility index (Phi) is 6.51. The molecule has 2 bridgehead atoms. The molecule has 2 fully saturated rings. The summed E-state index contributed by atoms with van der Waals surface area (Å²) in [6.45, 7) is 6.14. The third-order valence-corrected chi connectivity index (χ3v) is 6.80. The quantitative estimate of drug-likeness (QED) is 0.609. The molecule has 0 aromatic heterocycles. The summed E-state index contributed by atoms with van der Waals surface area (Å²) >= 11 is 0. The lowest BCUT2D eigenvalue weighted by Gasteiger charge is -2.28. The molecular formula is C16H32N2O2S. The van der Waals surface area contributed by atoms with Gasteiger partial charge in [-0.1, -0.05) is 13.3 Å². The first-order chi connectivity index (χ1) is 10.0. The summed E-state index contributed by atoms with van der Waals surface area (Å²) in [5, 5.41) is 3.31. The summed E-state index contributed by atoms with van der Waals surface area (Å²) in [5.41, 5.74) is 0. The van der Waals surface area contributed by atoms with E-state index in [-0.39, 0.29) is 11.8 Å². The SMILES string of the molecule is CCCNCCCCS(=O)(=O)NC(C)C1CC2CCC1C2. The molecule has 0 saturated heterocycles. The van der Waals surface area contributed by atoms with Gasteiger partial charge < -0.3 is 5.32 Å². The van der Waals surface area contributed by atoms with Crippen LogP contribution < -0.4 is 10.0 Å². The molecule has 4 unspecified atom stereocenters. The smallest absolute Gasteiger partial charge is 0.211 e. The van der Waals surface area contributed by atoms with Crippen molar-refractivity contribution < 1.29 is 8.42 Å². The Morgan fingerprint density at radius 3 is 2.57 bits per heavy atom. The van der Waals surface area contributed by atoms with E-state index in [4.69, 9.17) is 0 Å². The molecule has 0 aromatic rings. The van der Waals surface area contributed by atoms with E-state index < -0.39 is 10.0 Å². The van der Waals surface area contributed by atoms with Crippen LogP contribution in [-0.2, 0) is 10.0 Å². The Labute approximate surface area is 130 Å². The summed E-state index contributed by atoms with van der Waals surface area (Å²) < 4.78 is 27.3. The minimum Gasteiger partial charge on any atom is -0.317 e. The van der Waals surface area contributed by atoms with Crippen LogP contribution >= 0.6 is 0 Å². The van der Waals surface area contributed by atoms with Crippen LogP contribution in [0.2, 0.25) is 0 Å². The van der Waals surface area contributed by atoms with Gasteiger partial charge in [0.25, 0.3) is 0 Å². The second kappa shape index (κ2) is 7.93. The highest BCUT2D eigenvalue weighted by molar-refractivity contribution is 7.89. The van der Waals surface area contributed by atoms with Gasteiger partial charge in [0.15, 0.2) is 0 Å². The molecule has 2 aliphatic carbocycles. The molecule has 2 saturated carbocycles. The van der Waals surface area contributed by atoms with E-state index in [0.717, 1.165) is 44.2 Å². The molecular weight excluding hydrogens is 284 g/mol. The van der Waals surface area contributed by atoms with Gasteiger partial charge in [-0.3, -0.25) is 0 Å². The predicted molar refractivity (Wildman–Crippen MR) is 87.7 cm³/mol. The predicted octanol–water partition coefficient (Wildman–Crippen LogP) is 2.51. The van der Waals surface area contributed by atoms with Gasteiger partial charge in [0.2, 0.25) is 10.0 Å². The van der Waals surface area contributed by atoms with Gasteiger partial charge in [-0.15, -0.1) is 0 Å². The molecule has 124 valence electrons. The Bertz CT molecular complexity index is 411. The summed E-state index contributed by atoms with van der Waals surface area (Å²) in [4.78, 5) is 0. The van der Waals surface area contributed by atoms with Crippen LogP contribution in [0.1, 0.15) is 58.8 Å². The third-order valence-electron chi connectivity index (χ3n) is 5.24. The fourth-order valence-electron chi connectivity index (χ4n) is 4.18. The van der Waals surface area contributed by atoms with Gasteiger partial charge in [-0.05, 0) is 76.3 Å². The Morgan fingerprint density at radius 1 is 1.14 bits per heavy atom. The van der Waals surface area contributed by atoms with Crippen LogP contribution in [0.25, 0.3) is 0 Å². The first kappa shape index (κ1) is 17.2. The minimum absolute atomic E-state index is 0.114. The van der Waals surface area contributed by atoms with Crippen molar-refractivity contribution in [1.82, 2.24) is 10.0 Å². The summed E-state index contributed by atoms with van der Waals surface area (Å²) in [6.07, 6.45) is 8.05. The topological polar surface area (TPSA) is 58.2 Å². The van der Waals surface area contributed by atoms with Crippen molar-refractivity contribution in [3.63, 3.8) is 0 Å².